The van der Waals surface area contributed by atoms with Gasteiger partial charge in [-0.25, -0.2) is 4.79 Å². The fourth-order valence-electron chi connectivity index (χ4n) is 7.43. The number of hydrogen-bond donors (Lipinski definition) is 1. The Morgan fingerprint density at radius 2 is 0.847 bits per heavy atom. The molecule has 8 heteroatoms. The minimum absolute atomic E-state index is 0.0517. The van der Waals surface area contributed by atoms with Crippen LogP contribution in [-0.2, 0) is 28.6 Å². The van der Waals surface area contributed by atoms with Crippen LogP contribution in [0.15, 0.2) is 24.3 Å². The Morgan fingerprint density at radius 1 is 0.492 bits per heavy atom. The van der Waals surface area contributed by atoms with E-state index in [1.165, 1.54) is 161 Å². The van der Waals surface area contributed by atoms with Crippen molar-refractivity contribution >= 4 is 17.9 Å². The van der Waals surface area contributed by atoms with Gasteiger partial charge in [-0.1, -0.05) is 173 Å². The van der Waals surface area contributed by atoms with Crippen molar-refractivity contribution in [3.05, 3.63) is 24.3 Å². The van der Waals surface area contributed by atoms with Gasteiger partial charge in [-0.15, -0.1) is 0 Å². The number of rotatable bonds is 45. The van der Waals surface area contributed by atoms with E-state index in [2.05, 4.69) is 38.2 Å². The molecule has 0 saturated carbocycles. The van der Waals surface area contributed by atoms with Crippen LogP contribution in [0.3, 0.4) is 0 Å². The van der Waals surface area contributed by atoms with E-state index >= 15 is 0 Å². The SMILES string of the molecule is CCCCCC/C=C/CCCCCCCCCC(=O)OCC(COCCC(C(=O)O)[N+](C)(C)C)OC(=O)CCCCCCCCC/C=C/CCCCCCCCCCC. The molecule has 0 aromatic carbocycles. The molecule has 0 aromatic heterocycles. The maximum atomic E-state index is 12.8. The number of carboxylic acids is 1. The summed E-state index contributed by atoms with van der Waals surface area (Å²) in [6.45, 7) is 4.74. The summed E-state index contributed by atoms with van der Waals surface area (Å²) in [5.41, 5.74) is 0. The van der Waals surface area contributed by atoms with Crippen molar-refractivity contribution < 1.29 is 38.2 Å². The van der Waals surface area contributed by atoms with Gasteiger partial charge in [0.15, 0.2) is 12.1 Å². The van der Waals surface area contributed by atoms with Crippen molar-refractivity contribution in [3.8, 4) is 0 Å². The highest BCUT2D eigenvalue weighted by atomic mass is 16.6. The van der Waals surface area contributed by atoms with Crippen LogP contribution >= 0.6 is 0 Å². The number of quaternary nitrogens is 1. The summed E-state index contributed by atoms with van der Waals surface area (Å²) in [6.07, 6.45) is 47.9. The Bertz CT molecular complexity index is 1020. The Hall–Kier alpha value is -2.19. The third kappa shape index (κ3) is 41.0. The number of aliphatic carboxylic acids is 1. The maximum Gasteiger partial charge on any atom is 0.362 e. The molecule has 0 fully saturated rings. The van der Waals surface area contributed by atoms with Gasteiger partial charge in [-0.3, -0.25) is 9.59 Å². The first-order valence-corrected chi connectivity index (χ1v) is 24.9. The van der Waals surface area contributed by atoms with Crippen LogP contribution in [0.5, 0.6) is 0 Å². The lowest BCUT2D eigenvalue weighted by Crippen LogP contribution is -2.50. The van der Waals surface area contributed by atoms with Crippen molar-refractivity contribution in [3.63, 3.8) is 0 Å². The molecule has 0 rings (SSSR count). The molecule has 0 bridgehead atoms. The molecule has 0 aliphatic carbocycles. The molecule has 1 N–H and O–H groups in total. The van der Waals surface area contributed by atoms with E-state index in [9.17, 15) is 19.5 Å². The second kappa shape index (κ2) is 42.5. The van der Waals surface area contributed by atoms with E-state index in [0.717, 1.165) is 38.5 Å². The summed E-state index contributed by atoms with van der Waals surface area (Å²) in [7, 11) is 5.54. The van der Waals surface area contributed by atoms with Gasteiger partial charge in [-0.05, 0) is 64.2 Å². The topological polar surface area (TPSA) is 99.1 Å². The van der Waals surface area contributed by atoms with E-state index in [1.54, 1.807) is 0 Å². The Kier molecular flexibility index (Phi) is 40.9. The minimum atomic E-state index is -0.874. The molecule has 0 amide bonds. The molecule has 0 aliphatic heterocycles. The Labute approximate surface area is 364 Å². The van der Waals surface area contributed by atoms with E-state index in [1.807, 2.05) is 21.1 Å². The normalized spacial score (nSPS) is 13.0. The van der Waals surface area contributed by atoms with Gasteiger partial charge >= 0.3 is 17.9 Å². The lowest BCUT2D eigenvalue weighted by Gasteiger charge is -2.31. The molecule has 2 unspecified atom stereocenters. The number of likely N-dealkylation sites (N-methyl/N-ethyl adjacent to an activating group) is 1. The van der Waals surface area contributed by atoms with Crippen LogP contribution in [0.4, 0.5) is 0 Å². The van der Waals surface area contributed by atoms with Gasteiger partial charge in [0.1, 0.15) is 6.61 Å². The maximum absolute atomic E-state index is 12.8. The fourth-order valence-corrected chi connectivity index (χ4v) is 7.43. The summed E-state index contributed by atoms with van der Waals surface area (Å²) in [4.78, 5) is 37.1. The Morgan fingerprint density at radius 3 is 1.24 bits per heavy atom. The van der Waals surface area contributed by atoms with Gasteiger partial charge in [0.05, 0.1) is 34.4 Å². The van der Waals surface area contributed by atoms with Gasteiger partial charge in [0.2, 0.25) is 0 Å². The first-order chi connectivity index (χ1) is 28.6. The monoisotopic (exact) mass is 835 g/mol. The van der Waals surface area contributed by atoms with Gasteiger partial charge in [0.25, 0.3) is 0 Å². The lowest BCUT2D eigenvalue weighted by molar-refractivity contribution is -0.887. The molecule has 346 valence electrons. The summed E-state index contributed by atoms with van der Waals surface area (Å²) < 4.78 is 17.3. The summed E-state index contributed by atoms with van der Waals surface area (Å²) in [5.74, 6) is -1.47. The third-order valence-corrected chi connectivity index (χ3v) is 11.3. The second-order valence-electron chi connectivity index (χ2n) is 18.1. The van der Waals surface area contributed by atoms with Gasteiger partial charge < -0.3 is 23.8 Å². The molecular formula is C51H96NO7+. The van der Waals surface area contributed by atoms with Crippen molar-refractivity contribution in [1.82, 2.24) is 0 Å². The molecule has 59 heavy (non-hydrogen) atoms. The molecule has 8 nitrogen and oxygen atoms in total. The Balaban J connectivity index is 4.26. The van der Waals surface area contributed by atoms with Crippen molar-refractivity contribution in [2.75, 3.05) is 41.0 Å². The highest BCUT2D eigenvalue weighted by Gasteiger charge is 2.31. The summed E-state index contributed by atoms with van der Waals surface area (Å²) in [5, 5.41) is 9.64. The largest absolute Gasteiger partial charge is 0.477 e. The first kappa shape index (κ1) is 56.8. The average molecular weight is 835 g/mol. The number of nitrogens with zero attached hydrogens (tertiary/aromatic N) is 1. The van der Waals surface area contributed by atoms with E-state index in [-0.39, 0.29) is 36.2 Å². The number of hydrogen-bond acceptors (Lipinski definition) is 6. The smallest absolute Gasteiger partial charge is 0.362 e. The quantitative estimate of drug-likeness (QED) is 0.0282. The number of allylic oxidation sites excluding steroid dienone is 4. The minimum Gasteiger partial charge on any atom is -0.477 e. The summed E-state index contributed by atoms with van der Waals surface area (Å²) >= 11 is 0. The van der Waals surface area contributed by atoms with E-state index in [0.29, 0.717) is 19.3 Å². The highest BCUT2D eigenvalue weighted by Crippen LogP contribution is 2.15. The fraction of sp³-hybridized carbons (Fsp3) is 0.863. The molecule has 2 atom stereocenters. The van der Waals surface area contributed by atoms with Gasteiger partial charge in [-0.2, -0.15) is 0 Å². The third-order valence-electron chi connectivity index (χ3n) is 11.3. The molecule has 0 spiro atoms. The number of unbranched alkanes of at least 4 members (excludes halogenated alkanes) is 27. The number of esters is 2. The number of carboxylic acid groups (broad SMARTS) is 1. The lowest BCUT2D eigenvalue weighted by atomic mass is 10.1. The molecule has 0 aliphatic rings. The van der Waals surface area contributed by atoms with Crippen molar-refractivity contribution in [1.29, 1.82) is 0 Å². The molecule has 0 aromatic rings. The highest BCUT2D eigenvalue weighted by molar-refractivity contribution is 5.72. The zero-order valence-corrected chi connectivity index (χ0v) is 39.5. The van der Waals surface area contributed by atoms with Crippen LogP contribution in [0.2, 0.25) is 0 Å². The molecule has 0 saturated heterocycles. The van der Waals surface area contributed by atoms with E-state index in [4.69, 9.17) is 14.2 Å². The standard InChI is InChI=1S/C51H95NO7/c1-6-8-10-12-14-16-18-20-22-23-24-25-26-28-30-32-34-36-38-40-42-50(54)59-47(45-57-44-43-48(51(55)56)52(3,4)5)46-58-49(53)41-39-37-35-33-31-29-27-21-19-17-15-13-11-9-7-2/h17,19,24-25,47-48H,6-16,18,20-23,26-46H2,1-5H3/p+1/b19-17+,25-24+. The number of carbonyl (C=O) groups excluding carboxylic acids is 2. The average Bonchev–Trinajstić information content (AvgIpc) is 3.19. The number of carbonyl (C=O) groups is 3. The molecule has 0 radical (unpaired) electrons. The van der Waals surface area contributed by atoms with Crippen LogP contribution in [-0.4, -0.2) is 80.6 Å². The predicted molar refractivity (Wildman–Crippen MR) is 248 cm³/mol. The van der Waals surface area contributed by atoms with Crippen LogP contribution < -0.4 is 0 Å². The summed E-state index contributed by atoms with van der Waals surface area (Å²) in [6, 6.07) is -0.614. The predicted octanol–water partition coefficient (Wildman–Crippen LogP) is 14.0. The zero-order chi connectivity index (χ0) is 43.5. The first-order valence-electron chi connectivity index (χ1n) is 24.9. The van der Waals surface area contributed by atoms with Crippen LogP contribution in [0.25, 0.3) is 0 Å². The van der Waals surface area contributed by atoms with Crippen molar-refractivity contribution in [2.24, 2.45) is 0 Å². The zero-order valence-electron chi connectivity index (χ0n) is 39.5. The van der Waals surface area contributed by atoms with E-state index < -0.39 is 18.1 Å². The molecular weight excluding hydrogens is 739 g/mol. The van der Waals surface area contributed by atoms with Gasteiger partial charge in [0, 0.05) is 19.3 Å². The molecule has 0 heterocycles. The van der Waals surface area contributed by atoms with Crippen LogP contribution in [0.1, 0.15) is 232 Å². The van der Waals surface area contributed by atoms with Crippen LogP contribution in [0, 0.1) is 0 Å². The van der Waals surface area contributed by atoms with Crippen molar-refractivity contribution in [2.45, 2.75) is 244 Å². The number of ether oxygens (including phenoxy) is 3. The second-order valence-corrected chi connectivity index (χ2v) is 18.1.